The van der Waals surface area contributed by atoms with Crippen molar-refractivity contribution in [3.8, 4) is 5.88 Å². The molecular formula is C10H15N3O2. The van der Waals surface area contributed by atoms with Crippen molar-refractivity contribution in [2.75, 3.05) is 0 Å². The van der Waals surface area contributed by atoms with Gasteiger partial charge in [-0.25, -0.2) is 4.98 Å². The second-order valence-electron chi connectivity index (χ2n) is 3.88. The summed E-state index contributed by atoms with van der Waals surface area (Å²) in [6.07, 6.45) is 6.80. The summed E-state index contributed by atoms with van der Waals surface area (Å²) >= 11 is 0. The molecule has 0 amide bonds. The van der Waals surface area contributed by atoms with E-state index in [1.165, 1.54) is 12.4 Å². The molecule has 0 atom stereocenters. The van der Waals surface area contributed by atoms with Crippen LogP contribution in [0.5, 0.6) is 5.88 Å². The Labute approximate surface area is 87.7 Å². The molecule has 0 unspecified atom stereocenters. The van der Waals surface area contributed by atoms with Gasteiger partial charge in [0.05, 0.1) is 0 Å². The van der Waals surface area contributed by atoms with E-state index in [9.17, 15) is 4.79 Å². The molecular weight excluding hydrogens is 194 g/mol. The van der Waals surface area contributed by atoms with Gasteiger partial charge in [0.1, 0.15) is 6.10 Å². The Bertz CT molecular complexity index is 369. The highest BCUT2D eigenvalue weighted by atomic mass is 16.5. The molecule has 82 valence electrons. The van der Waals surface area contributed by atoms with Crippen LogP contribution >= 0.6 is 0 Å². The number of hydrogen-bond acceptors (Lipinski definition) is 4. The van der Waals surface area contributed by atoms with E-state index < -0.39 is 0 Å². The molecule has 1 aliphatic rings. The Hall–Kier alpha value is -1.36. The van der Waals surface area contributed by atoms with E-state index >= 15 is 0 Å². The quantitative estimate of drug-likeness (QED) is 0.739. The van der Waals surface area contributed by atoms with Crippen LogP contribution in [0, 0.1) is 0 Å². The minimum absolute atomic E-state index is 0.0841. The van der Waals surface area contributed by atoms with Gasteiger partial charge in [0.2, 0.25) is 0 Å². The fourth-order valence-corrected chi connectivity index (χ4v) is 1.79. The molecule has 0 bridgehead atoms. The van der Waals surface area contributed by atoms with E-state index in [1.54, 1.807) is 0 Å². The highest BCUT2D eigenvalue weighted by Crippen LogP contribution is 2.20. The summed E-state index contributed by atoms with van der Waals surface area (Å²) in [5, 5.41) is 0. The third kappa shape index (κ3) is 2.56. The van der Waals surface area contributed by atoms with E-state index in [4.69, 9.17) is 10.5 Å². The van der Waals surface area contributed by atoms with Gasteiger partial charge in [0.25, 0.3) is 5.88 Å². The van der Waals surface area contributed by atoms with Gasteiger partial charge < -0.3 is 15.5 Å². The molecule has 1 saturated carbocycles. The van der Waals surface area contributed by atoms with E-state index in [-0.39, 0.29) is 23.6 Å². The summed E-state index contributed by atoms with van der Waals surface area (Å²) in [5.74, 6) is 0.165. The first-order valence-corrected chi connectivity index (χ1v) is 5.21. The van der Waals surface area contributed by atoms with Crippen molar-refractivity contribution in [3.05, 3.63) is 22.7 Å². The molecule has 2 rings (SSSR count). The van der Waals surface area contributed by atoms with Gasteiger partial charge >= 0.3 is 5.56 Å². The normalized spacial score (nSPS) is 26.2. The zero-order valence-corrected chi connectivity index (χ0v) is 8.48. The van der Waals surface area contributed by atoms with Crippen molar-refractivity contribution in [1.29, 1.82) is 0 Å². The fraction of sp³-hybridized carbons (Fsp3) is 0.600. The molecule has 15 heavy (non-hydrogen) atoms. The molecule has 0 aliphatic heterocycles. The SMILES string of the molecule is NC1CCC(Oc2ncc[nH]c2=O)CC1. The number of ether oxygens (including phenoxy) is 1. The third-order valence-electron chi connectivity index (χ3n) is 2.67. The zero-order chi connectivity index (χ0) is 10.7. The van der Waals surface area contributed by atoms with Crippen molar-refractivity contribution in [2.24, 2.45) is 5.73 Å². The standard InChI is InChI=1S/C10H15N3O2/c11-7-1-3-8(4-2-7)15-10-9(14)12-5-6-13-10/h5-8H,1-4,11H2,(H,12,14). The summed E-state index contributed by atoms with van der Waals surface area (Å²) in [6, 6.07) is 0.284. The maximum absolute atomic E-state index is 11.3. The summed E-state index contributed by atoms with van der Waals surface area (Å²) < 4.78 is 5.52. The smallest absolute Gasteiger partial charge is 0.310 e. The number of nitrogens with zero attached hydrogens (tertiary/aromatic N) is 1. The molecule has 0 saturated heterocycles. The maximum Gasteiger partial charge on any atom is 0.310 e. The number of H-pyrrole nitrogens is 1. The van der Waals surface area contributed by atoms with Gasteiger partial charge in [-0.15, -0.1) is 0 Å². The Morgan fingerprint density at radius 2 is 2.13 bits per heavy atom. The van der Waals surface area contributed by atoms with E-state index in [2.05, 4.69) is 9.97 Å². The van der Waals surface area contributed by atoms with Crippen LogP contribution in [0.25, 0.3) is 0 Å². The Balaban J connectivity index is 1.98. The molecule has 3 N–H and O–H groups in total. The molecule has 1 aromatic rings. The molecule has 0 spiro atoms. The Morgan fingerprint density at radius 1 is 1.40 bits per heavy atom. The first-order chi connectivity index (χ1) is 7.25. The largest absolute Gasteiger partial charge is 0.470 e. The van der Waals surface area contributed by atoms with Gasteiger partial charge in [0.15, 0.2) is 0 Å². The van der Waals surface area contributed by atoms with Crippen molar-refractivity contribution in [1.82, 2.24) is 9.97 Å². The summed E-state index contributed by atoms with van der Waals surface area (Å²) in [5.41, 5.74) is 5.51. The lowest BCUT2D eigenvalue weighted by molar-refractivity contribution is 0.139. The summed E-state index contributed by atoms with van der Waals surface area (Å²) in [6.45, 7) is 0. The second kappa shape index (κ2) is 4.44. The van der Waals surface area contributed by atoms with Crippen molar-refractivity contribution in [3.63, 3.8) is 0 Å². The lowest BCUT2D eigenvalue weighted by Gasteiger charge is -2.25. The molecule has 5 nitrogen and oxygen atoms in total. The number of hydrogen-bond donors (Lipinski definition) is 2. The van der Waals surface area contributed by atoms with Crippen LogP contribution in [-0.4, -0.2) is 22.1 Å². The Morgan fingerprint density at radius 3 is 2.80 bits per heavy atom. The first-order valence-electron chi connectivity index (χ1n) is 5.21. The van der Waals surface area contributed by atoms with Crippen LogP contribution in [0.15, 0.2) is 17.2 Å². The molecule has 0 radical (unpaired) electrons. The number of aromatic nitrogens is 2. The average molecular weight is 209 g/mol. The lowest BCUT2D eigenvalue weighted by Crippen LogP contribution is -2.33. The molecule has 1 heterocycles. The molecule has 1 aliphatic carbocycles. The molecule has 1 aromatic heterocycles. The minimum Gasteiger partial charge on any atom is -0.470 e. The predicted octanol–water partition coefficient (Wildman–Crippen LogP) is 0.419. The van der Waals surface area contributed by atoms with Gasteiger partial charge in [0, 0.05) is 18.4 Å². The van der Waals surface area contributed by atoms with E-state index in [1.807, 2.05) is 0 Å². The van der Waals surface area contributed by atoms with Crippen LogP contribution in [0.4, 0.5) is 0 Å². The topological polar surface area (TPSA) is 81.0 Å². The van der Waals surface area contributed by atoms with Gasteiger partial charge in [-0.3, -0.25) is 4.79 Å². The molecule has 5 heteroatoms. The van der Waals surface area contributed by atoms with Gasteiger partial charge in [-0.05, 0) is 25.7 Å². The molecule has 0 aromatic carbocycles. The number of nitrogens with one attached hydrogen (secondary N) is 1. The second-order valence-corrected chi connectivity index (χ2v) is 3.88. The first kappa shape index (κ1) is 10.2. The van der Waals surface area contributed by atoms with Gasteiger partial charge in [-0.1, -0.05) is 0 Å². The van der Waals surface area contributed by atoms with Crippen LogP contribution in [0.1, 0.15) is 25.7 Å². The van der Waals surface area contributed by atoms with Crippen LogP contribution in [-0.2, 0) is 0 Å². The molecule has 1 fully saturated rings. The zero-order valence-electron chi connectivity index (χ0n) is 8.48. The number of rotatable bonds is 2. The van der Waals surface area contributed by atoms with Crippen molar-refractivity contribution in [2.45, 2.75) is 37.8 Å². The van der Waals surface area contributed by atoms with Crippen LogP contribution < -0.4 is 16.0 Å². The highest BCUT2D eigenvalue weighted by molar-refractivity contribution is 5.03. The monoisotopic (exact) mass is 209 g/mol. The predicted molar refractivity (Wildman–Crippen MR) is 55.7 cm³/mol. The minimum atomic E-state index is -0.271. The average Bonchev–Trinajstić information content (AvgIpc) is 2.25. The third-order valence-corrected chi connectivity index (χ3v) is 2.67. The van der Waals surface area contributed by atoms with Crippen molar-refractivity contribution < 1.29 is 4.74 Å². The maximum atomic E-state index is 11.3. The number of nitrogens with two attached hydrogens (primary N) is 1. The van der Waals surface area contributed by atoms with E-state index in [0.717, 1.165) is 25.7 Å². The fourth-order valence-electron chi connectivity index (χ4n) is 1.79. The number of aromatic amines is 1. The van der Waals surface area contributed by atoms with Crippen LogP contribution in [0.2, 0.25) is 0 Å². The van der Waals surface area contributed by atoms with E-state index in [0.29, 0.717) is 0 Å². The highest BCUT2D eigenvalue weighted by Gasteiger charge is 2.20. The summed E-state index contributed by atoms with van der Waals surface area (Å²) in [7, 11) is 0. The van der Waals surface area contributed by atoms with Crippen molar-refractivity contribution >= 4 is 0 Å². The lowest BCUT2D eigenvalue weighted by atomic mass is 9.94. The Kier molecular flexibility index (Phi) is 3.01. The van der Waals surface area contributed by atoms with Gasteiger partial charge in [-0.2, -0.15) is 0 Å². The van der Waals surface area contributed by atoms with Crippen LogP contribution in [0.3, 0.4) is 0 Å². The summed E-state index contributed by atoms with van der Waals surface area (Å²) in [4.78, 5) is 17.7.